The number of allylic oxidation sites excluding steroid dienone is 2. The second-order valence-electron chi connectivity index (χ2n) is 9.02. The van der Waals surface area contributed by atoms with Crippen LogP contribution < -0.4 is 0 Å². The third kappa shape index (κ3) is 8.68. The molecule has 0 saturated carbocycles. The number of nitrogens with one attached hydrogen (secondary N) is 1. The van der Waals surface area contributed by atoms with Gasteiger partial charge in [-0.1, -0.05) is 83.2 Å². The van der Waals surface area contributed by atoms with Crippen LogP contribution in [0.3, 0.4) is 0 Å². The number of hydrogen-bond acceptors (Lipinski definition) is 1. The lowest BCUT2D eigenvalue weighted by Crippen LogP contribution is -1.97. The number of nitrogens with zero attached hydrogens (tertiary/aromatic N) is 1. The van der Waals surface area contributed by atoms with E-state index in [1.54, 1.807) is 0 Å². The van der Waals surface area contributed by atoms with Gasteiger partial charge in [0.1, 0.15) is 0 Å². The number of aromatic amines is 1. The summed E-state index contributed by atoms with van der Waals surface area (Å²) in [5.41, 5.74) is 10.6. The molecule has 0 aliphatic carbocycles. The summed E-state index contributed by atoms with van der Waals surface area (Å²) in [6, 6.07) is 19.2. The molecule has 190 valence electrons. The highest BCUT2D eigenvalue weighted by Crippen LogP contribution is 2.16. The monoisotopic (exact) mass is 480 g/mol. The van der Waals surface area contributed by atoms with Gasteiger partial charge in [-0.25, -0.2) is 0 Å². The van der Waals surface area contributed by atoms with Gasteiger partial charge in [-0.2, -0.15) is 0 Å². The van der Waals surface area contributed by atoms with Crippen molar-refractivity contribution in [3.8, 4) is 0 Å². The van der Waals surface area contributed by atoms with Crippen LogP contribution in [0.25, 0.3) is 17.0 Å². The van der Waals surface area contributed by atoms with E-state index in [-0.39, 0.29) is 0 Å². The minimum atomic E-state index is 1.04. The van der Waals surface area contributed by atoms with Crippen LogP contribution >= 0.6 is 0 Å². The van der Waals surface area contributed by atoms with Crippen LogP contribution in [0.5, 0.6) is 0 Å². The molecular formula is C34H44N2. The average molecular weight is 481 g/mol. The van der Waals surface area contributed by atoms with Gasteiger partial charge in [0.05, 0.1) is 0 Å². The van der Waals surface area contributed by atoms with Gasteiger partial charge in [-0.15, -0.1) is 0 Å². The molecule has 4 aromatic rings. The van der Waals surface area contributed by atoms with Gasteiger partial charge < -0.3 is 4.98 Å². The summed E-state index contributed by atoms with van der Waals surface area (Å²) in [4.78, 5) is 7.48. The van der Waals surface area contributed by atoms with Crippen molar-refractivity contribution in [3.05, 3.63) is 119 Å². The molecule has 36 heavy (non-hydrogen) atoms. The number of H-pyrrole nitrogens is 1. The molecule has 0 unspecified atom stereocenters. The van der Waals surface area contributed by atoms with Gasteiger partial charge >= 0.3 is 0 Å². The Balaban J connectivity index is 0.000000191. The largest absolute Gasteiger partial charge is 0.361 e. The first-order valence-corrected chi connectivity index (χ1v) is 13.3. The van der Waals surface area contributed by atoms with Crippen LogP contribution in [0.4, 0.5) is 0 Å². The van der Waals surface area contributed by atoms with Crippen LogP contribution in [0.1, 0.15) is 74.0 Å². The Hall–Kier alpha value is -3.39. The van der Waals surface area contributed by atoms with E-state index in [4.69, 9.17) is 0 Å². The predicted molar refractivity (Wildman–Crippen MR) is 160 cm³/mol. The number of fused-ring (bicyclic) bond motifs is 1. The molecule has 0 amide bonds. The fourth-order valence-electron chi connectivity index (χ4n) is 4.15. The normalized spacial score (nSPS) is 10.8. The van der Waals surface area contributed by atoms with Crippen LogP contribution in [0.2, 0.25) is 0 Å². The quantitative estimate of drug-likeness (QED) is 0.262. The van der Waals surface area contributed by atoms with Crippen molar-refractivity contribution in [1.82, 2.24) is 9.97 Å². The molecule has 2 aromatic carbocycles. The Kier molecular flexibility index (Phi) is 12.5. The zero-order valence-electron chi connectivity index (χ0n) is 23.2. The van der Waals surface area contributed by atoms with E-state index in [9.17, 15) is 0 Å². The lowest BCUT2D eigenvalue weighted by molar-refractivity contribution is 0.873. The van der Waals surface area contributed by atoms with Crippen molar-refractivity contribution in [2.45, 2.75) is 73.6 Å². The number of hydrogen-bond donors (Lipinski definition) is 1. The van der Waals surface area contributed by atoms with Gasteiger partial charge in [-0.05, 0) is 103 Å². The maximum absolute atomic E-state index is 4.31. The lowest BCUT2D eigenvalue weighted by atomic mass is 10.0. The summed E-state index contributed by atoms with van der Waals surface area (Å²) in [6.45, 7) is 16.8. The van der Waals surface area contributed by atoms with Crippen molar-refractivity contribution in [2.75, 3.05) is 0 Å². The van der Waals surface area contributed by atoms with Crippen LogP contribution in [-0.2, 0) is 19.3 Å². The first-order valence-electron chi connectivity index (χ1n) is 13.3. The lowest BCUT2D eigenvalue weighted by Gasteiger charge is -2.08. The van der Waals surface area contributed by atoms with Crippen LogP contribution in [-0.4, -0.2) is 9.97 Å². The molecule has 0 saturated heterocycles. The minimum absolute atomic E-state index is 1.04. The topological polar surface area (TPSA) is 28.7 Å². The van der Waals surface area contributed by atoms with Gasteiger partial charge in [0.25, 0.3) is 0 Å². The van der Waals surface area contributed by atoms with E-state index in [1.165, 1.54) is 62.8 Å². The maximum Gasteiger partial charge on any atom is 0.0454 e. The highest BCUT2D eigenvalue weighted by Gasteiger charge is 2.03. The fraction of sp³-hybridized carbons (Fsp3) is 0.324. The third-order valence-corrected chi connectivity index (χ3v) is 6.47. The first-order chi connectivity index (χ1) is 17.5. The number of benzene rings is 2. The average Bonchev–Trinajstić information content (AvgIpc) is 3.38. The summed E-state index contributed by atoms with van der Waals surface area (Å²) >= 11 is 0. The second-order valence-corrected chi connectivity index (χ2v) is 9.02. The molecule has 1 N–H and O–H groups in total. The standard InChI is InChI=1S/C13H16.C11H17N.C10H11N/c1-4-12(5-2)10-13-9-7-6-8-11(13)3;1-4-6-11-9(3)12-8-7-10(11)5-2;1-2-8-3-4-10-9(7-8)5-6-11-10/h4,6-10H,1,5H2,2-3H3;7-8H,4-6H2,1-3H3;3-7,11H,2H2,1H3/b12-10+;;. The highest BCUT2D eigenvalue weighted by molar-refractivity contribution is 5.79. The van der Waals surface area contributed by atoms with Crippen molar-refractivity contribution in [2.24, 2.45) is 0 Å². The zero-order chi connectivity index (χ0) is 26.3. The predicted octanol–water partition coefficient (Wildman–Crippen LogP) is 9.61. The van der Waals surface area contributed by atoms with Crippen LogP contribution in [0.15, 0.2) is 85.2 Å². The molecule has 2 heteroatoms. The molecule has 0 fully saturated rings. The van der Waals surface area contributed by atoms with Gasteiger partial charge in [-0.3, -0.25) is 4.98 Å². The molecule has 0 radical (unpaired) electrons. The Morgan fingerprint density at radius 2 is 1.72 bits per heavy atom. The molecule has 0 aliphatic heterocycles. The highest BCUT2D eigenvalue weighted by atomic mass is 14.7. The van der Waals surface area contributed by atoms with Gasteiger partial charge in [0.15, 0.2) is 0 Å². The molecule has 2 heterocycles. The van der Waals surface area contributed by atoms with E-state index < -0.39 is 0 Å². The van der Waals surface area contributed by atoms with E-state index >= 15 is 0 Å². The Labute approximate surface area is 219 Å². The number of pyridine rings is 1. The van der Waals surface area contributed by atoms with E-state index in [2.05, 4.69) is 119 Å². The maximum atomic E-state index is 4.31. The number of aromatic nitrogens is 2. The summed E-state index contributed by atoms with van der Waals surface area (Å²) in [5.74, 6) is 0. The Morgan fingerprint density at radius 3 is 2.36 bits per heavy atom. The summed E-state index contributed by atoms with van der Waals surface area (Å²) in [7, 11) is 0. The molecular weight excluding hydrogens is 436 g/mol. The first kappa shape index (κ1) is 28.8. The van der Waals surface area contributed by atoms with E-state index in [1.807, 2.05) is 18.5 Å². The smallest absolute Gasteiger partial charge is 0.0454 e. The minimum Gasteiger partial charge on any atom is -0.361 e. The second kappa shape index (κ2) is 15.6. The Bertz CT molecular complexity index is 1240. The van der Waals surface area contributed by atoms with Crippen molar-refractivity contribution in [3.63, 3.8) is 0 Å². The number of rotatable bonds is 7. The number of aryl methyl sites for hydroxylation is 4. The summed E-state index contributed by atoms with van der Waals surface area (Å²) < 4.78 is 0. The Morgan fingerprint density at radius 1 is 0.944 bits per heavy atom. The summed E-state index contributed by atoms with van der Waals surface area (Å²) in [5, 5.41) is 1.31. The molecule has 0 bridgehead atoms. The zero-order valence-corrected chi connectivity index (χ0v) is 23.2. The molecule has 0 aliphatic rings. The van der Waals surface area contributed by atoms with Crippen LogP contribution in [0, 0.1) is 13.8 Å². The molecule has 0 atom stereocenters. The third-order valence-electron chi connectivity index (χ3n) is 6.47. The summed E-state index contributed by atoms with van der Waals surface area (Å²) in [6.07, 6.45) is 13.7. The SMILES string of the molecule is C=C/C(=C\c1ccccc1C)CC.CCCc1c(CC)ccnc1C.CCc1ccc2[nH]ccc2c1. The van der Waals surface area contributed by atoms with Crippen molar-refractivity contribution < 1.29 is 0 Å². The van der Waals surface area contributed by atoms with Crippen molar-refractivity contribution >= 4 is 17.0 Å². The van der Waals surface area contributed by atoms with Crippen molar-refractivity contribution in [1.29, 1.82) is 0 Å². The van der Waals surface area contributed by atoms with Gasteiger partial charge in [0.2, 0.25) is 0 Å². The molecule has 2 aromatic heterocycles. The molecule has 2 nitrogen and oxygen atoms in total. The molecule has 0 spiro atoms. The van der Waals surface area contributed by atoms with E-state index in [0.717, 1.165) is 19.3 Å². The van der Waals surface area contributed by atoms with Gasteiger partial charge in [0, 0.05) is 23.6 Å². The van der Waals surface area contributed by atoms with E-state index in [0.29, 0.717) is 0 Å². The fourth-order valence-corrected chi connectivity index (χ4v) is 4.15. The molecule has 4 rings (SSSR count).